The van der Waals surface area contributed by atoms with E-state index in [-0.39, 0.29) is 11.7 Å². The van der Waals surface area contributed by atoms with Crippen LogP contribution in [0.2, 0.25) is 0 Å². The first kappa shape index (κ1) is 18.0. The van der Waals surface area contributed by atoms with E-state index in [2.05, 4.69) is 37.1 Å². The first-order chi connectivity index (χ1) is 14.0. The Balaban J connectivity index is 1.60. The summed E-state index contributed by atoms with van der Waals surface area (Å²) < 4.78 is 1.74. The molecule has 2 aromatic heterocycles. The van der Waals surface area contributed by atoms with Crippen molar-refractivity contribution in [3.63, 3.8) is 0 Å². The van der Waals surface area contributed by atoms with Crippen LogP contribution in [0.5, 0.6) is 0 Å². The number of hydrogen-bond donors (Lipinski definition) is 3. The largest absolute Gasteiger partial charge is 0.389 e. The highest BCUT2D eigenvalue weighted by Gasteiger charge is 2.74. The van der Waals surface area contributed by atoms with Crippen molar-refractivity contribution in [2.24, 2.45) is 16.3 Å². The van der Waals surface area contributed by atoms with Gasteiger partial charge >= 0.3 is 0 Å². The van der Waals surface area contributed by atoms with Crippen LogP contribution in [0.1, 0.15) is 25.2 Å². The van der Waals surface area contributed by atoms with Crippen molar-refractivity contribution >= 4 is 28.5 Å². The first-order valence-corrected chi connectivity index (χ1v) is 9.50. The summed E-state index contributed by atoms with van der Waals surface area (Å²) in [7, 11) is 1.73. The Bertz CT molecular complexity index is 1160. The quantitative estimate of drug-likeness (QED) is 0.633. The van der Waals surface area contributed by atoms with Crippen LogP contribution in [0.25, 0.3) is 11.2 Å². The monoisotopic (exact) mass is 392 g/mol. The van der Waals surface area contributed by atoms with Gasteiger partial charge < -0.3 is 20.1 Å². The molecule has 2 unspecified atom stereocenters. The molecular weight excluding hydrogens is 372 g/mol. The van der Waals surface area contributed by atoms with E-state index in [0.29, 0.717) is 41.5 Å². The maximum atomic E-state index is 12.1. The Morgan fingerprint density at radius 2 is 2.17 bits per heavy atom. The van der Waals surface area contributed by atoms with Gasteiger partial charge in [0.1, 0.15) is 17.6 Å². The highest BCUT2D eigenvalue weighted by Crippen LogP contribution is 2.68. The predicted octanol–water partition coefficient (Wildman–Crippen LogP) is 0.102. The topological polar surface area (TPSA) is 126 Å². The Morgan fingerprint density at radius 3 is 2.83 bits per heavy atom. The smallest absolute Gasteiger partial charge is 0.209 e. The maximum absolute atomic E-state index is 12.1. The number of anilines is 1. The molecule has 5 atom stereocenters. The van der Waals surface area contributed by atoms with Gasteiger partial charge in [0.15, 0.2) is 17.0 Å². The number of aliphatic imine (C=N–C) groups is 1. The molecule has 0 saturated heterocycles. The number of aliphatic hydroxyl groups is 2. The first-order valence-electron chi connectivity index (χ1n) is 9.50. The van der Waals surface area contributed by atoms with Crippen molar-refractivity contribution in [3.8, 4) is 11.8 Å². The molecule has 3 heterocycles. The number of imidazole rings is 1. The lowest BCUT2D eigenvalue weighted by molar-refractivity contribution is -0.128. The number of rotatable bonds is 3. The van der Waals surface area contributed by atoms with Gasteiger partial charge in [0.05, 0.1) is 30.4 Å². The van der Waals surface area contributed by atoms with Crippen LogP contribution in [0.15, 0.2) is 23.5 Å². The van der Waals surface area contributed by atoms with Gasteiger partial charge in [0, 0.05) is 7.05 Å². The summed E-state index contributed by atoms with van der Waals surface area (Å²) in [6, 6.07) is -0.485. The van der Waals surface area contributed by atoms with Crippen LogP contribution in [0, 0.1) is 23.2 Å². The normalized spacial score (nSPS) is 31.9. The van der Waals surface area contributed by atoms with Crippen molar-refractivity contribution in [1.29, 1.82) is 0 Å². The van der Waals surface area contributed by atoms with Crippen molar-refractivity contribution in [2.75, 3.05) is 18.9 Å². The minimum absolute atomic E-state index is 0.0940. The van der Waals surface area contributed by atoms with Crippen LogP contribution in [-0.2, 0) is 4.79 Å². The molecule has 3 N–H and O–H groups in total. The number of hydrogen-bond acceptors (Lipinski definition) is 8. The molecule has 3 aliphatic rings. The van der Waals surface area contributed by atoms with Crippen molar-refractivity contribution < 1.29 is 15.0 Å². The zero-order valence-corrected chi connectivity index (χ0v) is 16.0. The van der Waals surface area contributed by atoms with Gasteiger partial charge in [-0.25, -0.2) is 15.0 Å². The molecule has 9 nitrogen and oxygen atoms in total. The Morgan fingerprint density at radius 1 is 1.34 bits per heavy atom. The van der Waals surface area contributed by atoms with Gasteiger partial charge in [-0.05, 0) is 37.2 Å². The number of carbonyl (C=O) groups is 1. The average molecular weight is 392 g/mol. The summed E-state index contributed by atoms with van der Waals surface area (Å²) in [6.45, 7) is 2.10. The fourth-order valence-electron chi connectivity index (χ4n) is 4.71. The summed E-state index contributed by atoms with van der Waals surface area (Å²) in [4.78, 5) is 29.7. The Kier molecular flexibility index (Phi) is 3.84. The van der Waals surface area contributed by atoms with E-state index >= 15 is 0 Å². The van der Waals surface area contributed by atoms with Gasteiger partial charge in [-0.15, -0.1) is 0 Å². The summed E-state index contributed by atoms with van der Waals surface area (Å²) in [5.41, 5.74) is 0.848. The average Bonchev–Trinajstić information content (AvgIpc) is 3.00. The molecule has 0 spiro atoms. The fraction of sp³-hybridized carbons (Fsp3) is 0.450. The number of Topliss-reactive ketones (excluding diaryl/α,β-unsaturated/α-hetero) is 1. The summed E-state index contributed by atoms with van der Waals surface area (Å²) in [6.07, 6.45) is 3.73. The number of aromatic nitrogens is 4. The van der Waals surface area contributed by atoms with Gasteiger partial charge in [0.25, 0.3) is 0 Å². The highest BCUT2D eigenvalue weighted by atomic mass is 16.3. The van der Waals surface area contributed by atoms with Gasteiger partial charge in [0.2, 0.25) is 5.82 Å². The van der Waals surface area contributed by atoms with Crippen molar-refractivity contribution in [3.05, 3.63) is 24.3 Å². The third kappa shape index (κ3) is 2.46. The molecule has 2 fully saturated rings. The van der Waals surface area contributed by atoms with E-state index in [0.717, 1.165) is 0 Å². The molecule has 2 aliphatic carbocycles. The summed E-state index contributed by atoms with van der Waals surface area (Å²) in [5.74, 6) is 6.45. The van der Waals surface area contributed by atoms with Crippen molar-refractivity contribution in [2.45, 2.75) is 31.6 Å². The molecule has 9 heteroatoms. The fourth-order valence-corrected chi connectivity index (χ4v) is 4.71. The Hall–Kier alpha value is -3.09. The molecule has 2 aromatic rings. The second-order valence-electron chi connectivity index (χ2n) is 7.68. The zero-order chi connectivity index (χ0) is 20.3. The number of nitrogens with one attached hydrogen (secondary N) is 1. The number of ketones is 1. The third-order valence-electron chi connectivity index (χ3n) is 6.25. The van der Waals surface area contributed by atoms with E-state index in [1.165, 1.54) is 6.92 Å². The van der Waals surface area contributed by atoms with E-state index in [4.69, 9.17) is 0 Å². The SMILES string of the molecule is CNc1nc(C#CC2=NCC=C2)nc2c1ncn2[C@@H]1C2C[C@]2(C(C)=O)C(O)[C@H]1O. The van der Waals surface area contributed by atoms with E-state index in [1.54, 1.807) is 17.9 Å². The lowest BCUT2D eigenvalue weighted by Crippen LogP contribution is -2.36. The van der Waals surface area contributed by atoms with Crippen LogP contribution < -0.4 is 5.32 Å². The minimum atomic E-state index is -1.09. The van der Waals surface area contributed by atoms with Crippen LogP contribution >= 0.6 is 0 Å². The molecule has 5 rings (SSSR count). The van der Waals surface area contributed by atoms with Gasteiger partial charge in [-0.1, -0.05) is 6.08 Å². The van der Waals surface area contributed by atoms with Crippen LogP contribution in [0.4, 0.5) is 5.82 Å². The van der Waals surface area contributed by atoms with E-state index in [9.17, 15) is 15.0 Å². The van der Waals surface area contributed by atoms with E-state index in [1.807, 2.05) is 12.2 Å². The second-order valence-corrected chi connectivity index (χ2v) is 7.68. The number of aliphatic hydroxyl groups excluding tert-OH is 2. The molecule has 0 aromatic carbocycles. The number of fused-ring (bicyclic) bond motifs is 2. The third-order valence-corrected chi connectivity index (χ3v) is 6.25. The Labute approximate surface area is 166 Å². The standard InChI is InChI=1S/C20H20N6O3/c1-10(27)20-8-12(20)15(16(28)17(20)29)26-9-23-14-18(21-2)24-13(25-19(14)26)6-5-11-4-3-7-22-11/h3-4,9,12,15-17,28-29H,7-8H2,1-2H3,(H,21,24,25)/t12?,15-,16+,17?,20-/m1/s1. The molecule has 0 amide bonds. The molecule has 2 saturated carbocycles. The molecule has 1 aliphatic heterocycles. The number of allylic oxidation sites excluding steroid dienone is 1. The van der Waals surface area contributed by atoms with Gasteiger partial charge in [-0.2, -0.15) is 0 Å². The molecule has 148 valence electrons. The number of nitrogens with zero attached hydrogens (tertiary/aromatic N) is 5. The van der Waals surface area contributed by atoms with Crippen LogP contribution in [0.3, 0.4) is 0 Å². The molecular formula is C20H20N6O3. The predicted molar refractivity (Wildman–Crippen MR) is 105 cm³/mol. The zero-order valence-electron chi connectivity index (χ0n) is 16.0. The van der Waals surface area contributed by atoms with Crippen LogP contribution in [-0.4, -0.2) is 67.0 Å². The summed E-state index contributed by atoms with van der Waals surface area (Å²) >= 11 is 0. The van der Waals surface area contributed by atoms with Gasteiger partial charge in [-0.3, -0.25) is 9.79 Å². The minimum Gasteiger partial charge on any atom is -0.389 e. The molecule has 29 heavy (non-hydrogen) atoms. The number of carbonyl (C=O) groups excluding carboxylic acids is 1. The van der Waals surface area contributed by atoms with E-state index < -0.39 is 23.7 Å². The maximum Gasteiger partial charge on any atom is 0.209 e. The molecule has 0 bridgehead atoms. The lowest BCUT2D eigenvalue weighted by Gasteiger charge is -2.23. The lowest BCUT2D eigenvalue weighted by atomic mass is 9.95. The second kappa shape index (κ2) is 6.20. The highest BCUT2D eigenvalue weighted by molar-refractivity contribution is 6.10. The van der Waals surface area contributed by atoms with Crippen molar-refractivity contribution in [1.82, 2.24) is 19.5 Å². The summed E-state index contributed by atoms with van der Waals surface area (Å²) in [5, 5.41) is 24.2. The molecule has 0 radical (unpaired) electrons.